The van der Waals surface area contributed by atoms with Crippen LogP contribution in [0.3, 0.4) is 0 Å². The maximum absolute atomic E-state index is 6.10. The number of hydrogen-bond acceptors (Lipinski definition) is 3. The van der Waals surface area contributed by atoms with E-state index in [-0.39, 0.29) is 0 Å². The summed E-state index contributed by atoms with van der Waals surface area (Å²) in [6.07, 6.45) is 0. The van der Waals surface area contributed by atoms with Crippen molar-refractivity contribution in [2.75, 3.05) is 11.9 Å². The van der Waals surface area contributed by atoms with Gasteiger partial charge in [0.1, 0.15) is 0 Å². The van der Waals surface area contributed by atoms with Gasteiger partial charge in [-0.05, 0) is 0 Å². The van der Waals surface area contributed by atoms with Gasteiger partial charge in [-0.25, -0.2) is 0 Å². The van der Waals surface area contributed by atoms with Gasteiger partial charge >= 0.3 is 136 Å². The second-order valence-corrected chi connectivity index (χ2v) is 10.5. The molecule has 0 unspecified atom stereocenters. The summed E-state index contributed by atoms with van der Waals surface area (Å²) in [6, 6.07) is 10.5. The number of fused-ring (bicyclic) bond motifs is 2. The van der Waals surface area contributed by atoms with E-state index in [2.05, 4.69) is 38.2 Å². The van der Waals surface area contributed by atoms with E-state index in [0.717, 1.165) is 34.8 Å². The van der Waals surface area contributed by atoms with Gasteiger partial charge in [0.25, 0.3) is 0 Å². The molecule has 0 saturated carbocycles. The molecular weight excluding hydrogens is 363 g/mol. The quantitative estimate of drug-likeness (QED) is 0.746. The van der Waals surface area contributed by atoms with Crippen molar-refractivity contribution in [1.82, 2.24) is 0 Å². The zero-order valence-electron chi connectivity index (χ0n) is 12.7. The molecule has 1 aliphatic heterocycles. The number of nitrogens with zero attached hydrogens (tertiary/aromatic N) is 1. The molecule has 0 amide bonds. The van der Waals surface area contributed by atoms with Crippen molar-refractivity contribution < 1.29 is 4.74 Å². The van der Waals surface area contributed by atoms with Crippen molar-refractivity contribution in [2.45, 2.75) is 24.9 Å². The zero-order valence-corrected chi connectivity index (χ0v) is 16.0. The molecule has 106 valence electrons. The molecule has 0 saturated heterocycles. The molecule has 2 aromatic carbocycles. The van der Waals surface area contributed by atoms with E-state index >= 15 is 0 Å². The Kier molecular flexibility index (Phi) is 4.34. The molecule has 0 aliphatic carbocycles. The summed E-state index contributed by atoms with van der Waals surface area (Å²) >= 11 is -0.650. The Bertz CT molecular complexity index is 799. The summed E-state index contributed by atoms with van der Waals surface area (Å²) in [5.41, 5.74) is 3.36. The molecule has 0 aromatic heterocycles. The van der Waals surface area contributed by atoms with Crippen LogP contribution in [0.1, 0.15) is 19.4 Å². The summed E-state index contributed by atoms with van der Waals surface area (Å²) in [7, 11) is 0. The molecule has 0 radical (unpaired) electrons. The summed E-state index contributed by atoms with van der Waals surface area (Å²) in [6.45, 7) is 7.46. The topological polar surface area (TPSA) is 33.6 Å². The average Bonchev–Trinajstić information content (AvgIpc) is 2.47. The first kappa shape index (κ1) is 14.6. The summed E-state index contributed by atoms with van der Waals surface area (Å²) in [4.78, 5) is 4.74. The van der Waals surface area contributed by atoms with Crippen molar-refractivity contribution in [2.24, 2.45) is 4.99 Å². The summed E-state index contributed by atoms with van der Waals surface area (Å²) < 4.78 is 8.97. The molecule has 0 atom stereocenters. The summed E-state index contributed by atoms with van der Waals surface area (Å²) in [5, 5.41) is 4.27. The van der Waals surface area contributed by atoms with Gasteiger partial charge in [-0.3, -0.25) is 0 Å². The standard InChI is InChI=1S/C15H14N2O.C2H5.In/c1-3-16-11-5-6-12-15(9-11)18-14-7-4-10(2)8-13(14)17-12;1-2;/h5-9,16H,3H2,1-2H3;1H2,2H3;. The number of rotatable bonds is 3. The number of aryl methyl sites for hydroxylation is 1. The first-order valence-corrected chi connectivity index (χ1v) is 11.4. The molecule has 0 spiro atoms. The molecule has 2 aromatic rings. The van der Waals surface area contributed by atoms with E-state index in [9.17, 15) is 0 Å². The van der Waals surface area contributed by atoms with Crippen molar-refractivity contribution >= 4 is 33.8 Å². The number of anilines is 1. The number of ether oxygens (including phenoxy) is 1. The van der Waals surface area contributed by atoms with Crippen molar-refractivity contribution in [3.63, 3.8) is 0 Å². The van der Waals surface area contributed by atoms with E-state index in [0.29, 0.717) is 0 Å². The minimum atomic E-state index is -0.650. The van der Waals surface area contributed by atoms with Crippen LogP contribution in [0.25, 0.3) is 0 Å². The molecule has 0 bridgehead atoms. The molecule has 4 heteroatoms. The molecule has 1 heterocycles. The van der Waals surface area contributed by atoms with Crippen LogP contribution >= 0.6 is 0 Å². The second-order valence-electron chi connectivity index (χ2n) is 5.22. The molecule has 1 aliphatic rings. The van der Waals surface area contributed by atoms with E-state index < -0.39 is 22.4 Å². The Balaban J connectivity index is 2.11. The number of nitrogens with one attached hydrogen (secondary N) is 1. The van der Waals surface area contributed by atoms with Crippen LogP contribution < -0.4 is 15.4 Å². The SMILES string of the molecule is CCNc1ccc2c(c1)Oc1c[c](=[In][CH2]C)c(C)cc1=N2. The van der Waals surface area contributed by atoms with E-state index in [1.54, 1.807) is 0 Å². The van der Waals surface area contributed by atoms with Gasteiger partial charge in [-0.1, -0.05) is 0 Å². The fourth-order valence-electron chi connectivity index (χ4n) is 2.55. The molecule has 1 N–H and O–H groups in total. The fraction of sp³-hybridized carbons (Fsp3) is 0.294. The predicted octanol–water partition coefficient (Wildman–Crippen LogP) is 3.88. The molecular formula is C17H19InN2O. The van der Waals surface area contributed by atoms with Crippen LogP contribution in [0.15, 0.2) is 35.3 Å². The van der Waals surface area contributed by atoms with Crippen molar-refractivity contribution in [3.05, 3.63) is 44.2 Å². The van der Waals surface area contributed by atoms with Gasteiger partial charge in [0.05, 0.1) is 0 Å². The minimum absolute atomic E-state index is 0.650. The van der Waals surface area contributed by atoms with Gasteiger partial charge < -0.3 is 0 Å². The average molecular weight is 382 g/mol. The van der Waals surface area contributed by atoms with Crippen molar-refractivity contribution in [1.29, 1.82) is 0 Å². The Morgan fingerprint density at radius 3 is 2.76 bits per heavy atom. The Hall–Kier alpha value is -1.29. The van der Waals surface area contributed by atoms with Crippen LogP contribution in [-0.4, -0.2) is 29.0 Å². The molecule has 3 rings (SSSR count). The monoisotopic (exact) mass is 382 g/mol. The second kappa shape index (κ2) is 6.22. The third kappa shape index (κ3) is 3.00. The zero-order chi connectivity index (χ0) is 14.8. The molecule has 0 fully saturated rings. The normalized spacial score (nSPS) is 12.6. The van der Waals surface area contributed by atoms with Crippen LogP contribution in [-0.2, 0) is 0 Å². The van der Waals surface area contributed by atoms with Crippen LogP contribution in [0.2, 0.25) is 4.18 Å². The third-order valence-electron chi connectivity index (χ3n) is 3.57. The van der Waals surface area contributed by atoms with Gasteiger partial charge in [-0.2, -0.15) is 0 Å². The van der Waals surface area contributed by atoms with E-state index in [1.807, 2.05) is 18.2 Å². The number of benzene rings is 2. The Morgan fingerprint density at radius 1 is 1.14 bits per heavy atom. The van der Waals surface area contributed by atoms with Crippen LogP contribution in [0.4, 0.5) is 11.4 Å². The van der Waals surface area contributed by atoms with E-state index in [1.165, 1.54) is 12.6 Å². The van der Waals surface area contributed by atoms with Crippen molar-refractivity contribution in [3.8, 4) is 11.5 Å². The van der Waals surface area contributed by atoms with Gasteiger partial charge in [0.2, 0.25) is 0 Å². The molecule has 3 nitrogen and oxygen atoms in total. The number of hydrogen-bond donors (Lipinski definition) is 1. The van der Waals surface area contributed by atoms with Gasteiger partial charge in [0.15, 0.2) is 0 Å². The van der Waals surface area contributed by atoms with Crippen LogP contribution in [0, 0.1) is 9.82 Å². The maximum atomic E-state index is 6.10. The first-order chi connectivity index (χ1) is 10.2. The van der Waals surface area contributed by atoms with Crippen LogP contribution in [0.5, 0.6) is 11.5 Å². The van der Waals surface area contributed by atoms with E-state index in [4.69, 9.17) is 9.73 Å². The van der Waals surface area contributed by atoms with Gasteiger partial charge in [0, 0.05) is 0 Å². The Labute approximate surface area is 135 Å². The third-order valence-corrected chi connectivity index (χ3v) is 7.77. The summed E-state index contributed by atoms with van der Waals surface area (Å²) in [5.74, 6) is 1.76. The van der Waals surface area contributed by atoms with Gasteiger partial charge in [-0.15, -0.1) is 0 Å². The predicted molar refractivity (Wildman–Crippen MR) is 87.7 cm³/mol. The fourth-order valence-corrected chi connectivity index (χ4v) is 5.73. The Morgan fingerprint density at radius 2 is 2.00 bits per heavy atom. The first-order valence-electron chi connectivity index (χ1n) is 7.46. The molecule has 21 heavy (non-hydrogen) atoms.